The van der Waals surface area contributed by atoms with Gasteiger partial charge in [-0.1, -0.05) is 13.8 Å². The average Bonchev–Trinajstić information content (AvgIpc) is 2.37. The minimum Gasteiger partial charge on any atom is -0.481 e. The molecule has 0 fully saturated rings. The molecule has 1 N–H and O–H groups in total. The summed E-state index contributed by atoms with van der Waals surface area (Å²) >= 11 is 0. The van der Waals surface area contributed by atoms with Gasteiger partial charge in [0.15, 0.2) is 0 Å². The van der Waals surface area contributed by atoms with Crippen LogP contribution in [-0.2, 0) is 18.3 Å². The number of hydrogen-bond donors (Lipinski definition) is 1. The van der Waals surface area contributed by atoms with E-state index in [9.17, 15) is 4.79 Å². The number of carboxylic acid groups (broad SMARTS) is 1. The maximum atomic E-state index is 10.5. The summed E-state index contributed by atoms with van der Waals surface area (Å²) in [5.74, 6) is -0.369. The van der Waals surface area contributed by atoms with Crippen LogP contribution in [-0.4, -0.2) is 20.9 Å². The molecule has 0 aliphatic rings. The van der Waals surface area contributed by atoms with Crippen LogP contribution in [0.5, 0.6) is 0 Å². The lowest BCUT2D eigenvalue weighted by Crippen LogP contribution is -2.05. The van der Waals surface area contributed by atoms with Crippen molar-refractivity contribution in [3.63, 3.8) is 0 Å². The molecule has 84 valence electrons. The van der Waals surface area contributed by atoms with Gasteiger partial charge in [0.2, 0.25) is 0 Å². The summed E-state index contributed by atoms with van der Waals surface area (Å²) in [7, 11) is 1.87. The van der Waals surface area contributed by atoms with Gasteiger partial charge >= 0.3 is 5.97 Å². The van der Waals surface area contributed by atoms with Crippen molar-refractivity contribution in [1.82, 2.24) is 9.78 Å². The standard InChI is InChI=1S/C11H18N2O2/c1-7(2)11-8(3)12-13(4)9(11)5-6-10(14)15/h7H,5-6H2,1-4H3,(H,14,15). The van der Waals surface area contributed by atoms with Crippen LogP contribution in [0.1, 0.15) is 43.1 Å². The maximum absolute atomic E-state index is 10.5. The normalized spacial score (nSPS) is 11.0. The number of carbonyl (C=O) groups is 1. The Morgan fingerprint density at radius 2 is 2.13 bits per heavy atom. The highest BCUT2D eigenvalue weighted by atomic mass is 16.4. The van der Waals surface area contributed by atoms with Crippen molar-refractivity contribution in [3.05, 3.63) is 17.0 Å². The van der Waals surface area contributed by atoms with E-state index in [1.54, 1.807) is 4.68 Å². The minimum atomic E-state index is -0.761. The summed E-state index contributed by atoms with van der Waals surface area (Å²) in [5, 5.41) is 13.0. The first-order chi connectivity index (χ1) is 6.93. The van der Waals surface area contributed by atoms with Gasteiger partial charge in [0.25, 0.3) is 0 Å². The van der Waals surface area contributed by atoms with E-state index >= 15 is 0 Å². The quantitative estimate of drug-likeness (QED) is 0.825. The molecule has 4 nitrogen and oxygen atoms in total. The Hall–Kier alpha value is -1.32. The molecule has 0 amide bonds. The first kappa shape index (κ1) is 11.8. The predicted molar refractivity (Wildman–Crippen MR) is 58.0 cm³/mol. The summed E-state index contributed by atoms with van der Waals surface area (Å²) in [6.45, 7) is 6.18. The van der Waals surface area contributed by atoms with Gasteiger partial charge in [-0.05, 0) is 18.4 Å². The average molecular weight is 210 g/mol. The van der Waals surface area contributed by atoms with Crippen LogP contribution >= 0.6 is 0 Å². The monoisotopic (exact) mass is 210 g/mol. The Bertz CT molecular complexity index is 367. The molecule has 0 aliphatic carbocycles. The van der Waals surface area contributed by atoms with E-state index in [1.807, 2.05) is 14.0 Å². The van der Waals surface area contributed by atoms with E-state index in [4.69, 9.17) is 5.11 Å². The van der Waals surface area contributed by atoms with E-state index in [0.29, 0.717) is 12.3 Å². The molecule has 0 radical (unpaired) electrons. The molecule has 1 aromatic rings. The molecule has 1 rings (SSSR count). The molecule has 0 spiro atoms. The van der Waals surface area contributed by atoms with E-state index in [0.717, 1.165) is 11.4 Å². The maximum Gasteiger partial charge on any atom is 0.303 e. The summed E-state index contributed by atoms with van der Waals surface area (Å²) in [5.41, 5.74) is 3.25. The number of aromatic nitrogens is 2. The Kier molecular flexibility index (Phi) is 3.50. The number of aliphatic carboxylic acids is 1. The topological polar surface area (TPSA) is 55.1 Å². The lowest BCUT2D eigenvalue weighted by molar-refractivity contribution is -0.136. The van der Waals surface area contributed by atoms with Crippen molar-refractivity contribution in [2.24, 2.45) is 7.05 Å². The third-order valence-corrected chi connectivity index (χ3v) is 2.54. The van der Waals surface area contributed by atoms with Crippen LogP contribution in [0.25, 0.3) is 0 Å². The number of carboxylic acids is 1. The second kappa shape index (κ2) is 4.47. The molecule has 0 atom stereocenters. The summed E-state index contributed by atoms with van der Waals surface area (Å²) in [4.78, 5) is 10.5. The number of aryl methyl sites for hydroxylation is 2. The molecule has 15 heavy (non-hydrogen) atoms. The van der Waals surface area contributed by atoms with Gasteiger partial charge in [0.1, 0.15) is 0 Å². The first-order valence-electron chi connectivity index (χ1n) is 5.17. The zero-order chi connectivity index (χ0) is 11.6. The second-order valence-corrected chi connectivity index (χ2v) is 4.12. The number of nitrogens with zero attached hydrogens (tertiary/aromatic N) is 2. The second-order valence-electron chi connectivity index (χ2n) is 4.12. The number of hydrogen-bond acceptors (Lipinski definition) is 2. The van der Waals surface area contributed by atoms with E-state index in [1.165, 1.54) is 5.56 Å². The van der Waals surface area contributed by atoms with Gasteiger partial charge in [0.05, 0.1) is 12.1 Å². The fraction of sp³-hybridized carbons (Fsp3) is 0.636. The third kappa shape index (κ3) is 2.58. The van der Waals surface area contributed by atoms with Crippen molar-refractivity contribution in [3.8, 4) is 0 Å². The molecule has 0 aliphatic heterocycles. The predicted octanol–water partition coefficient (Wildman–Crippen LogP) is 1.87. The van der Waals surface area contributed by atoms with Crippen LogP contribution in [0, 0.1) is 6.92 Å². The highest BCUT2D eigenvalue weighted by Crippen LogP contribution is 2.23. The molecule has 1 heterocycles. The third-order valence-electron chi connectivity index (χ3n) is 2.54. The summed E-state index contributed by atoms with van der Waals surface area (Å²) in [6, 6.07) is 0. The van der Waals surface area contributed by atoms with Crippen molar-refractivity contribution in [2.45, 2.75) is 39.5 Å². The van der Waals surface area contributed by atoms with E-state index in [-0.39, 0.29) is 6.42 Å². The van der Waals surface area contributed by atoms with Crippen molar-refractivity contribution >= 4 is 5.97 Å². The summed E-state index contributed by atoms with van der Waals surface area (Å²) < 4.78 is 1.80. The molecule has 4 heteroatoms. The molecule has 0 saturated carbocycles. The Morgan fingerprint density at radius 1 is 1.53 bits per heavy atom. The van der Waals surface area contributed by atoms with E-state index in [2.05, 4.69) is 18.9 Å². The van der Waals surface area contributed by atoms with Crippen molar-refractivity contribution < 1.29 is 9.90 Å². The first-order valence-corrected chi connectivity index (χ1v) is 5.17. The van der Waals surface area contributed by atoms with E-state index < -0.39 is 5.97 Å². The zero-order valence-corrected chi connectivity index (χ0v) is 9.74. The van der Waals surface area contributed by atoms with Gasteiger partial charge in [-0.2, -0.15) is 5.10 Å². The van der Waals surface area contributed by atoms with Crippen LogP contribution in [0.4, 0.5) is 0 Å². The van der Waals surface area contributed by atoms with Crippen LogP contribution in [0.3, 0.4) is 0 Å². The van der Waals surface area contributed by atoms with Crippen LogP contribution < -0.4 is 0 Å². The lowest BCUT2D eigenvalue weighted by Gasteiger charge is -2.08. The Morgan fingerprint density at radius 3 is 2.60 bits per heavy atom. The number of rotatable bonds is 4. The molecular weight excluding hydrogens is 192 g/mol. The highest BCUT2D eigenvalue weighted by Gasteiger charge is 2.16. The summed E-state index contributed by atoms with van der Waals surface area (Å²) in [6.07, 6.45) is 0.721. The molecular formula is C11H18N2O2. The van der Waals surface area contributed by atoms with Gasteiger partial charge in [-0.25, -0.2) is 0 Å². The van der Waals surface area contributed by atoms with Crippen molar-refractivity contribution in [2.75, 3.05) is 0 Å². The van der Waals surface area contributed by atoms with Gasteiger partial charge in [-0.15, -0.1) is 0 Å². The minimum absolute atomic E-state index is 0.165. The van der Waals surface area contributed by atoms with Crippen molar-refractivity contribution in [1.29, 1.82) is 0 Å². The van der Waals surface area contributed by atoms with Crippen LogP contribution in [0.2, 0.25) is 0 Å². The largest absolute Gasteiger partial charge is 0.481 e. The Labute approximate surface area is 89.9 Å². The van der Waals surface area contributed by atoms with Gasteiger partial charge < -0.3 is 5.11 Å². The molecule has 0 unspecified atom stereocenters. The lowest BCUT2D eigenvalue weighted by atomic mass is 9.98. The molecule has 0 aromatic carbocycles. The molecule has 1 aromatic heterocycles. The fourth-order valence-corrected chi connectivity index (χ4v) is 2.00. The highest BCUT2D eigenvalue weighted by molar-refractivity contribution is 5.67. The molecule has 0 saturated heterocycles. The smallest absolute Gasteiger partial charge is 0.303 e. The fourth-order valence-electron chi connectivity index (χ4n) is 2.00. The molecule has 0 bridgehead atoms. The van der Waals surface area contributed by atoms with Gasteiger partial charge in [0, 0.05) is 19.2 Å². The van der Waals surface area contributed by atoms with Crippen LogP contribution in [0.15, 0.2) is 0 Å². The SMILES string of the molecule is Cc1nn(C)c(CCC(=O)O)c1C(C)C. The van der Waals surface area contributed by atoms with Gasteiger partial charge in [-0.3, -0.25) is 9.48 Å². The Balaban J connectivity index is 2.98. The zero-order valence-electron chi connectivity index (χ0n) is 9.74.